The van der Waals surface area contributed by atoms with Crippen molar-refractivity contribution in [1.29, 1.82) is 0 Å². The SMILES string of the molecule is CC(C)(C)CCN1CCC2(CC1)Cc1nc(-c3ccccc3)nn1CC(=O)N2. The molecule has 2 aromatic rings. The zero-order chi connectivity index (χ0) is 19.8. The predicted molar refractivity (Wildman–Crippen MR) is 110 cm³/mol. The van der Waals surface area contributed by atoms with Gasteiger partial charge in [-0.15, -0.1) is 0 Å². The first-order valence-electron chi connectivity index (χ1n) is 10.3. The minimum Gasteiger partial charge on any atom is -0.349 e. The van der Waals surface area contributed by atoms with Gasteiger partial charge in [0, 0.05) is 30.6 Å². The van der Waals surface area contributed by atoms with Crippen molar-refractivity contribution in [1.82, 2.24) is 25.0 Å². The summed E-state index contributed by atoms with van der Waals surface area (Å²) >= 11 is 0. The number of carbonyl (C=O) groups is 1. The van der Waals surface area contributed by atoms with Gasteiger partial charge in [-0.25, -0.2) is 9.67 Å². The number of nitrogens with one attached hydrogen (secondary N) is 1. The van der Waals surface area contributed by atoms with Gasteiger partial charge in [-0.05, 0) is 31.2 Å². The molecule has 1 fully saturated rings. The highest BCUT2D eigenvalue weighted by molar-refractivity contribution is 5.77. The first-order valence-corrected chi connectivity index (χ1v) is 10.3. The van der Waals surface area contributed by atoms with Crippen molar-refractivity contribution < 1.29 is 4.79 Å². The largest absolute Gasteiger partial charge is 0.349 e. The molecule has 2 aliphatic heterocycles. The van der Waals surface area contributed by atoms with Gasteiger partial charge in [0.25, 0.3) is 0 Å². The van der Waals surface area contributed by atoms with Crippen LogP contribution in [0.15, 0.2) is 30.3 Å². The fourth-order valence-corrected chi connectivity index (χ4v) is 4.16. The summed E-state index contributed by atoms with van der Waals surface area (Å²) in [4.78, 5) is 19.9. The van der Waals surface area contributed by atoms with E-state index in [4.69, 9.17) is 4.98 Å². The van der Waals surface area contributed by atoms with Gasteiger partial charge in [0.1, 0.15) is 12.4 Å². The fraction of sp³-hybridized carbons (Fsp3) is 0.591. The highest BCUT2D eigenvalue weighted by Crippen LogP contribution is 2.30. The molecular weight excluding hydrogens is 350 g/mol. The Morgan fingerprint density at radius 2 is 1.86 bits per heavy atom. The number of carbonyl (C=O) groups excluding carboxylic acids is 1. The molecule has 6 heteroatoms. The van der Waals surface area contributed by atoms with Crippen molar-refractivity contribution in [2.45, 2.75) is 58.5 Å². The number of rotatable bonds is 3. The van der Waals surface area contributed by atoms with E-state index >= 15 is 0 Å². The number of piperidine rings is 1. The Labute approximate surface area is 167 Å². The lowest BCUT2D eigenvalue weighted by Crippen LogP contribution is -2.56. The summed E-state index contributed by atoms with van der Waals surface area (Å²) in [5.74, 6) is 1.68. The average Bonchev–Trinajstić information content (AvgIpc) is 2.97. The van der Waals surface area contributed by atoms with Crippen LogP contribution in [0.25, 0.3) is 11.4 Å². The Kier molecular flexibility index (Phi) is 5.00. The fourth-order valence-electron chi connectivity index (χ4n) is 4.16. The molecular formula is C22H31N5O. The second-order valence-corrected chi connectivity index (χ2v) is 9.53. The van der Waals surface area contributed by atoms with Gasteiger partial charge in [0.2, 0.25) is 5.91 Å². The van der Waals surface area contributed by atoms with Crippen LogP contribution < -0.4 is 5.32 Å². The van der Waals surface area contributed by atoms with Crippen LogP contribution >= 0.6 is 0 Å². The molecule has 1 aromatic heterocycles. The Morgan fingerprint density at radius 1 is 1.14 bits per heavy atom. The lowest BCUT2D eigenvalue weighted by Gasteiger charge is -2.42. The smallest absolute Gasteiger partial charge is 0.242 e. The molecule has 0 bridgehead atoms. The molecule has 0 unspecified atom stereocenters. The Bertz CT molecular complexity index is 828. The lowest BCUT2D eigenvalue weighted by molar-refractivity contribution is -0.123. The molecule has 4 rings (SSSR count). The summed E-state index contributed by atoms with van der Waals surface area (Å²) in [5, 5.41) is 7.93. The maximum atomic E-state index is 12.6. The standard InChI is InChI=1S/C22H31N5O/c1-21(2,3)9-12-26-13-10-22(11-14-26)15-18-23-20(17-7-5-4-6-8-17)25-27(18)16-19(28)24-22/h4-8H,9-16H2,1-3H3,(H,24,28). The summed E-state index contributed by atoms with van der Waals surface area (Å²) in [6.45, 7) is 10.3. The minimum atomic E-state index is -0.190. The van der Waals surface area contributed by atoms with Gasteiger partial charge in [-0.1, -0.05) is 51.1 Å². The van der Waals surface area contributed by atoms with Crippen molar-refractivity contribution in [2.75, 3.05) is 19.6 Å². The molecule has 1 aromatic carbocycles. The lowest BCUT2D eigenvalue weighted by atomic mass is 9.83. The van der Waals surface area contributed by atoms with Crippen molar-refractivity contribution in [3.63, 3.8) is 0 Å². The van der Waals surface area contributed by atoms with Crippen LogP contribution in [-0.2, 0) is 17.8 Å². The molecule has 1 saturated heterocycles. The topological polar surface area (TPSA) is 63.1 Å². The number of fused-ring (bicyclic) bond motifs is 1. The number of amides is 1. The molecule has 2 aliphatic rings. The zero-order valence-corrected chi connectivity index (χ0v) is 17.2. The van der Waals surface area contributed by atoms with Crippen molar-refractivity contribution in [3.8, 4) is 11.4 Å². The van der Waals surface area contributed by atoms with E-state index in [0.29, 0.717) is 11.2 Å². The van der Waals surface area contributed by atoms with Gasteiger partial charge >= 0.3 is 0 Å². The van der Waals surface area contributed by atoms with E-state index in [1.54, 1.807) is 4.68 Å². The second-order valence-electron chi connectivity index (χ2n) is 9.53. The third-order valence-corrected chi connectivity index (χ3v) is 5.97. The second kappa shape index (κ2) is 7.32. The molecule has 0 radical (unpaired) electrons. The molecule has 28 heavy (non-hydrogen) atoms. The van der Waals surface area contributed by atoms with Gasteiger partial charge in [-0.3, -0.25) is 4.79 Å². The highest BCUT2D eigenvalue weighted by Gasteiger charge is 2.40. The first-order chi connectivity index (χ1) is 13.3. The third kappa shape index (κ3) is 4.27. The normalized spacial score (nSPS) is 19.9. The van der Waals surface area contributed by atoms with Crippen molar-refractivity contribution >= 4 is 5.91 Å². The molecule has 6 nitrogen and oxygen atoms in total. The quantitative estimate of drug-likeness (QED) is 0.888. The number of hydrogen-bond donors (Lipinski definition) is 1. The van der Waals surface area contributed by atoms with Gasteiger partial charge in [-0.2, -0.15) is 5.10 Å². The Morgan fingerprint density at radius 3 is 2.54 bits per heavy atom. The minimum absolute atomic E-state index is 0.0476. The molecule has 3 heterocycles. The summed E-state index contributed by atoms with van der Waals surface area (Å²) in [6, 6.07) is 9.99. The molecule has 0 aliphatic carbocycles. The monoisotopic (exact) mass is 381 g/mol. The molecule has 1 amide bonds. The van der Waals surface area contributed by atoms with Crippen LogP contribution in [0, 0.1) is 5.41 Å². The number of aromatic nitrogens is 3. The highest BCUT2D eigenvalue weighted by atomic mass is 16.2. The molecule has 0 saturated carbocycles. The van der Waals surface area contributed by atoms with Crippen LogP contribution in [0.3, 0.4) is 0 Å². The maximum absolute atomic E-state index is 12.6. The summed E-state index contributed by atoms with van der Waals surface area (Å²) in [7, 11) is 0. The van der Waals surface area contributed by atoms with Crippen LogP contribution in [0.5, 0.6) is 0 Å². The Hall–Kier alpha value is -2.21. The molecule has 1 N–H and O–H groups in total. The number of likely N-dealkylation sites (tertiary alicyclic amines) is 1. The van der Waals surface area contributed by atoms with Gasteiger partial charge < -0.3 is 10.2 Å². The van der Waals surface area contributed by atoms with Gasteiger partial charge in [0.05, 0.1) is 0 Å². The van der Waals surface area contributed by atoms with Crippen LogP contribution in [0.4, 0.5) is 0 Å². The van der Waals surface area contributed by atoms with Crippen molar-refractivity contribution in [3.05, 3.63) is 36.2 Å². The zero-order valence-electron chi connectivity index (χ0n) is 17.2. The van der Waals surface area contributed by atoms with E-state index in [1.807, 2.05) is 30.3 Å². The third-order valence-electron chi connectivity index (χ3n) is 5.97. The Balaban J connectivity index is 1.49. The first kappa shape index (κ1) is 19.1. The van der Waals surface area contributed by atoms with Crippen LogP contribution in [-0.4, -0.2) is 50.7 Å². The van der Waals surface area contributed by atoms with Crippen LogP contribution in [0.2, 0.25) is 0 Å². The molecule has 0 atom stereocenters. The summed E-state index contributed by atoms with van der Waals surface area (Å²) in [6.07, 6.45) is 3.89. The number of benzene rings is 1. The average molecular weight is 382 g/mol. The summed E-state index contributed by atoms with van der Waals surface area (Å²) < 4.78 is 1.79. The van der Waals surface area contributed by atoms with E-state index in [1.165, 1.54) is 6.42 Å². The number of nitrogens with zero attached hydrogens (tertiary/aromatic N) is 4. The molecule has 150 valence electrons. The van der Waals surface area contributed by atoms with E-state index in [0.717, 1.165) is 50.3 Å². The summed E-state index contributed by atoms with van der Waals surface area (Å²) in [5.41, 5.74) is 1.16. The van der Waals surface area contributed by atoms with E-state index in [-0.39, 0.29) is 18.0 Å². The van der Waals surface area contributed by atoms with Crippen molar-refractivity contribution in [2.24, 2.45) is 5.41 Å². The maximum Gasteiger partial charge on any atom is 0.242 e. The van der Waals surface area contributed by atoms with Crippen LogP contribution in [0.1, 0.15) is 45.9 Å². The molecule has 1 spiro atoms. The predicted octanol–water partition coefficient (Wildman–Crippen LogP) is 2.89. The van der Waals surface area contributed by atoms with E-state index < -0.39 is 0 Å². The van der Waals surface area contributed by atoms with Gasteiger partial charge in [0.15, 0.2) is 5.82 Å². The number of hydrogen-bond acceptors (Lipinski definition) is 4. The van der Waals surface area contributed by atoms with E-state index in [2.05, 4.69) is 36.1 Å². The van der Waals surface area contributed by atoms with E-state index in [9.17, 15) is 4.79 Å².